The maximum Gasteiger partial charge on any atom is 0.287 e. The fourth-order valence-electron chi connectivity index (χ4n) is 3.54. The predicted octanol–water partition coefficient (Wildman–Crippen LogP) is 5.74. The van der Waals surface area contributed by atoms with Crippen LogP contribution in [0.2, 0.25) is 0 Å². The van der Waals surface area contributed by atoms with E-state index in [2.05, 4.69) is 24.4 Å². The Morgan fingerprint density at radius 2 is 1.83 bits per heavy atom. The number of hydrogen-bond donors (Lipinski definition) is 1. The number of amides is 1. The number of hydrogen-bond acceptors (Lipinski definition) is 3. The van der Waals surface area contributed by atoms with Crippen LogP contribution < -0.4 is 10.1 Å². The minimum absolute atomic E-state index is 0.180. The van der Waals surface area contributed by atoms with Gasteiger partial charge in [0.2, 0.25) is 0 Å². The predicted molar refractivity (Wildman–Crippen MR) is 117 cm³/mol. The van der Waals surface area contributed by atoms with E-state index in [-0.39, 0.29) is 5.91 Å². The van der Waals surface area contributed by atoms with Gasteiger partial charge in [0.25, 0.3) is 5.91 Å². The second-order valence-corrected chi connectivity index (χ2v) is 7.12. The summed E-state index contributed by atoms with van der Waals surface area (Å²) in [5.41, 5.74) is 1.90. The maximum absolute atomic E-state index is 12.5. The van der Waals surface area contributed by atoms with Crippen molar-refractivity contribution in [2.24, 2.45) is 0 Å². The quantitative estimate of drug-likeness (QED) is 0.392. The molecule has 29 heavy (non-hydrogen) atoms. The Morgan fingerprint density at radius 3 is 2.72 bits per heavy atom. The minimum atomic E-state index is -0.180. The van der Waals surface area contributed by atoms with Gasteiger partial charge in [0.05, 0.1) is 6.61 Å². The van der Waals surface area contributed by atoms with Gasteiger partial charge in [-0.15, -0.1) is 0 Å². The molecule has 1 aromatic heterocycles. The van der Waals surface area contributed by atoms with E-state index in [1.54, 1.807) is 0 Å². The van der Waals surface area contributed by atoms with E-state index in [4.69, 9.17) is 9.15 Å². The summed E-state index contributed by atoms with van der Waals surface area (Å²) in [6, 6.07) is 22.0. The summed E-state index contributed by atoms with van der Waals surface area (Å²) in [6.45, 7) is 3.40. The standard InChI is InChI=1S/C25H25NO3/c1-2-16-28-22-12-6-4-9-19(22)10-7-15-26-25(27)24-17-21-20-11-5-3-8-18(20)13-14-23(21)29-24/h3-6,8-9,11-14,17H,2,7,10,15-16H2,1H3,(H,26,27). The van der Waals surface area contributed by atoms with Crippen LogP contribution in [0.25, 0.3) is 21.7 Å². The number of rotatable bonds is 8. The lowest BCUT2D eigenvalue weighted by molar-refractivity contribution is 0.0927. The molecule has 4 nitrogen and oxygen atoms in total. The fraction of sp³-hybridized carbons (Fsp3) is 0.240. The highest BCUT2D eigenvalue weighted by Gasteiger charge is 2.13. The first-order valence-corrected chi connectivity index (χ1v) is 10.2. The molecular formula is C25H25NO3. The summed E-state index contributed by atoms with van der Waals surface area (Å²) in [4.78, 5) is 12.5. The molecule has 0 aliphatic heterocycles. The molecule has 1 amide bonds. The Kier molecular flexibility index (Phi) is 5.80. The monoisotopic (exact) mass is 387 g/mol. The molecule has 0 atom stereocenters. The Balaban J connectivity index is 1.38. The SMILES string of the molecule is CCCOc1ccccc1CCCNC(=O)c1cc2c(ccc3ccccc32)o1. The molecule has 0 saturated carbocycles. The highest BCUT2D eigenvalue weighted by Crippen LogP contribution is 2.28. The molecule has 1 heterocycles. The van der Waals surface area contributed by atoms with Gasteiger partial charge in [-0.3, -0.25) is 4.79 Å². The van der Waals surface area contributed by atoms with E-state index in [1.165, 1.54) is 5.56 Å². The molecule has 4 aromatic rings. The molecule has 1 N–H and O–H groups in total. The highest BCUT2D eigenvalue weighted by molar-refractivity contribution is 6.08. The lowest BCUT2D eigenvalue weighted by atomic mass is 10.1. The smallest absolute Gasteiger partial charge is 0.287 e. The number of carbonyl (C=O) groups excluding carboxylic acids is 1. The van der Waals surface area contributed by atoms with Gasteiger partial charge in [0, 0.05) is 11.9 Å². The molecule has 0 bridgehead atoms. The largest absolute Gasteiger partial charge is 0.493 e. The number of carbonyl (C=O) groups is 1. The van der Waals surface area contributed by atoms with Gasteiger partial charge in [-0.05, 0) is 53.8 Å². The molecule has 0 unspecified atom stereocenters. The van der Waals surface area contributed by atoms with Gasteiger partial charge in [-0.25, -0.2) is 0 Å². The van der Waals surface area contributed by atoms with Gasteiger partial charge in [0.1, 0.15) is 11.3 Å². The maximum atomic E-state index is 12.5. The normalized spacial score (nSPS) is 11.1. The van der Waals surface area contributed by atoms with E-state index in [9.17, 15) is 4.79 Å². The molecule has 0 saturated heterocycles. The number of furan rings is 1. The first-order chi connectivity index (χ1) is 14.3. The van der Waals surface area contributed by atoms with Gasteiger partial charge >= 0.3 is 0 Å². The number of ether oxygens (including phenoxy) is 1. The Hall–Kier alpha value is -3.27. The third-order valence-electron chi connectivity index (χ3n) is 4.99. The van der Waals surface area contributed by atoms with Crippen molar-refractivity contribution in [2.75, 3.05) is 13.2 Å². The van der Waals surface area contributed by atoms with Crippen molar-refractivity contribution in [2.45, 2.75) is 26.2 Å². The van der Waals surface area contributed by atoms with Gasteiger partial charge in [0.15, 0.2) is 5.76 Å². The third-order valence-corrected chi connectivity index (χ3v) is 4.99. The lowest BCUT2D eigenvalue weighted by Crippen LogP contribution is -2.24. The first kappa shape index (κ1) is 19.1. The third kappa shape index (κ3) is 4.27. The zero-order chi connectivity index (χ0) is 20.1. The van der Waals surface area contributed by atoms with Crippen molar-refractivity contribution in [3.63, 3.8) is 0 Å². The van der Waals surface area contributed by atoms with Crippen molar-refractivity contribution in [1.82, 2.24) is 5.32 Å². The van der Waals surface area contributed by atoms with Gasteiger partial charge in [-0.2, -0.15) is 0 Å². The van der Waals surface area contributed by atoms with Crippen molar-refractivity contribution < 1.29 is 13.9 Å². The Bertz CT molecular complexity index is 1130. The molecular weight excluding hydrogens is 362 g/mol. The van der Waals surface area contributed by atoms with Crippen LogP contribution in [0.5, 0.6) is 5.75 Å². The molecule has 0 fully saturated rings. The molecule has 3 aromatic carbocycles. The average Bonchev–Trinajstić information content (AvgIpc) is 3.21. The van der Waals surface area contributed by atoms with E-state index < -0.39 is 0 Å². The molecule has 0 aliphatic carbocycles. The Morgan fingerprint density at radius 1 is 1.00 bits per heavy atom. The van der Waals surface area contributed by atoms with Crippen LogP contribution in [0.4, 0.5) is 0 Å². The Labute approximate surface area is 170 Å². The van der Waals surface area contributed by atoms with Crippen LogP contribution in [0.3, 0.4) is 0 Å². The van der Waals surface area contributed by atoms with Crippen molar-refractivity contribution >= 4 is 27.6 Å². The first-order valence-electron chi connectivity index (χ1n) is 10.2. The second-order valence-electron chi connectivity index (χ2n) is 7.12. The molecule has 148 valence electrons. The summed E-state index contributed by atoms with van der Waals surface area (Å²) < 4.78 is 11.6. The fourth-order valence-corrected chi connectivity index (χ4v) is 3.54. The van der Waals surface area contributed by atoms with Crippen LogP contribution >= 0.6 is 0 Å². The van der Waals surface area contributed by atoms with Gasteiger partial charge in [-0.1, -0.05) is 55.5 Å². The summed E-state index contributed by atoms with van der Waals surface area (Å²) in [5.74, 6) is 1.11. The topological polar surface area (TPSA) is 51.5 Å². The summed E-state index contributed by atoms with van der Waals surface area (Å²) in [7, 11) is 0. The number of fused-ring (bicyclic) bond motifs is 3. The minimum Gasteiger partial charge on any atom is -0.493 e. The molecule has 4 heteroatoms. The molecule has 0 aliphatic rings. The highest BCUT2D eigenvalue weighted by atomic mass is 16.5. The van der Waals surface area contributed by atoms with Crippen molar-refractivity contribution in [3.05, 3.63) is 78.1 Å². The summed E-state index contributed by atoms with van der Waals surface area (Å²) in [6.07, 6.45) is 2.67. The second kappa shape index (κ2) is 8.82. The van der Waals surface area contributed by atoms with Crippen LogP contribution in [0.15, 0.2) is 71.1 Å². The van der Waals surface area contributed by atoms with Crippen LogP contribution in [0, 0.1) is 0 Å². The van der Waals surface area contributed by atoms with Crippen LogP contribution in [0.1, 0.15) is 35.9 Å². The zero-order valence-electron chi connectivity index (χ0n) is 16.6. The van der Waals surface area contributed by atoms with E-state index in [0.717, 1.165) is 46.8 Å². The van der Waals surface area contributed by atoms with E-state index in [0.29, 0.717) is 18.9 Å². The number of para-hydroxylation sites is 1. The van der Waals surface area contributed by atoms with Gasteiger partial charge < -0.3 is 14.5 Å². The van der Waals surface area contributed by atoms with Crippen molar-refractivity contribution in [1.29, 1.82) is 0 Å². The van der Waals surface area contributed by atoms with E-state index >= 15 is 0 Å². The van der Waals surface area contributed by atoms with Crippen LogP contribution in [-0.4, -0.2) is 19.1 Å². The van der Waals surface area contributed by atoms with E-state index in [1.807, 2.05) is 54.6 Å². The average molecular weight is 387 g/mol. The zero-order valence-corrected chi connectivity index (χ0v) is 16.6. The number of benzene rings is 3. The summed E-state index contributed by atoms with van der Waals surface area (Å²) in [5, 5.41) is 6.16. The number of nitrogens with one attached hydrogen (secondary N) is 1. The number of aryl methyl sites for hydroxylation is 1. The van der Waals surface area contributed by atoms with Crippen LogP contribution in [-0.2, 0) is 6.42 Å². The lowest BCUT2D eigenvalue weighted by Gasteiger charge is -2.10. The summed E-state index contributed by atoms with van der Waals surface area (Å²) >= 11 is 0. The molecule has 0 radical (unpaired) electrons. The molecule has 0 spiro atoms. The van der Waals surface area contributed by atoms with Crippen molar-refractivity contribution in [3.8, 4) is 5.75 Å². The molecule has 4 rings (SSSR count).